The van der Waals surface area contributed by atoms with Crippen LogP contribution in [-0.4, -0.2) is 25.6 Å². The second-order valence-electron chi connectivity index (χ2n) is 3.27. The fourth-order valence-electron chi connectivity index (χ4n) is 1.28. The highest BCUT2D eigenvalue weighted by atomic mass is 32.2. The van der Waals surface area contributed by atoms with E-state index in [1.807, 2.05) is 0 Å². The number of alkyl halides is 2. The number of hydrogen-bond acceptors (Lipinski definition) is 5. The molecule has 0 radical (unpaired) electrons. The van der Waals surface area contributed by atoms with Crippen molar-refractivity contribution in [3.05, 3.63) is 28.3 Å². The Morgan fingerprint density at radius 2 is 2.06 bits per heavy atom. The van der Waals surface area contributed by atoms with E-state index in [4.69, 9.17) is 0 Å². The molecule has 0 atom stereocenters. The SMILES string of the molecule is CCNc1ccc(S(=O)(=O)C(F)F)cc1[N+](=O)[O-]. The van der Waals surface area contributed by atoms with Crippen LogP contribution in [0.4, 0.5) is 20.2 Å². The lowest BCUT2D eigenvalue weighted by Crippen LogP contribution is -2.12. The van der Waals surface area contributed by atoms with E-state index in [2.05, 4.69) is 5.32 Å². The van der Waals surface area contributed by atoms with Crippen molar-refractivity contribution in [1.82, 2.24) is 0 Å². The molecule has 0 spiro atoms. The average molecular weight is 280 g/mol. The van der Waals surface area contributed by atoms with E-state index in [0.717, 1.165) is 12.1 Å². The normalized spacial score (nSPS) is 11.6. The highest BCUT2D eigenvalue weighted by Crippen LogP contribution is 2.29. The van der Waals surface area contributed by atoms with Crippen molar-refractivity contribution in [2.24, 2.45) is 0 Å². The van der Waals surface area contributed by atoms with Gasteiger partial charge in [0.2, 0.25) is 9.84 Å². The molecule has 0 amide bonds. The van der Waals surface area contributed by atoms with Crippen LogP contribution in [-0.2, 0) is 9.84 Å². The molecular formula is C9H10F2N2O4S. The van der Waals surface area contributed by atoms with E-state index in [1.165, 1.54) is 0 Å². The van der Waals surface area contributed by atoms with E-state index in [1.54, 1.807) is 6.92 Å². The molecule has 0 aliphatic rings. The fourth-order valence-corrected chi connectivity index (χ4v) is 2.02. The standard InChI is InChI=1S/C9H10F2N2O4S/c1-2-12-7-4-3-6(5-8(7)13(14)15)18(16,17)9(10)11/h3-5,9,12H,2H2,1H3. The first kappa shape index (κ1) is 14.3. The van der Waals surface area contributed by atoms with E-state index in [0.29, 0.717) is 12.6 Å². The zero-order valence-corrected chi connectivity index (χ0v) is 10.1. The molecule has 6 nitrogen and oxygen atoms in total. The minimum Gasteiger partial charge on any atom is -0.380 e. The number of benzene rings is 1. The number of hydrogen-bond donors (Lipinski definition) is 1. The molecule has 0 fully saturated rings. The molecule has 0 unspecified atom stereocenters. The van der Waals surface area contributed by atoms with Crippen molar-refractivity contribution in [1.29, 1.82) is 0 Å². The predicted octanol–water partition coefficient (Wildman–Crippen LogP) is 2.02. The van der Waals surface area contributed by atoms with Crippen LogP contribution in [0.1, 0.15) is 6.92 Å². The topological polar surface area (TPSA) is 89.3 Å². The lowest BCUT2D eigenvalue weighted by Gasteiger charge is -2.07. The molecule has 0 saturated carbocycles. The summed E-state index contributed by atoms with van der Waals surface area (Å²) in [4.78, 5) is 9.13. The number of nitrogens with zero attached hydrogens (tertiary/aromatic N) is 1. The summed E-state index contributed by atoms with van der Waals surface area (Å²) in [5.41, 5.74) is -0.478. The maximum absolute atomic E-state index is 12.3. The molecule has 1 N–H and O–H groups in total. The van der Waals surface area contributed by atoms with Gasteiger partial charge in [-0.05, 0) is 19.1 Å². The van der Waals surface area contributed by atoms with Gasteiger partial charge in [0.1, 0.15) is 5.69 Å². The van der Waals surface area contributed by atoms with Gasteiger partial charge >= 0.3 is 5.76 Å². The van der Waals surface area contributed by atoms with Gasteiger partial charge in [-0.3, -0.25) is 10.1 Å². The van der Waals surface area contributed by atoms with Gasteiger partial charge in [0.15, 0.2) is 0 Å². The minimum atomic E-state index is -4.83. The van der Waals surface area contributed by atoms with Crippen LogP contribution in [0.5, 0.6) is 0 Å². The number of sulfone groups is 1. The number of halogens is 2. The van der Waals surface area contributed by atoms with Crippen molar-refractivity contribution >= 4 is 21.2 Å². The van der Waals surface area contributed by atoms with Crippen molar-refractivity contribution in [2.45, 2.75) is 17.6 Å². The molecule has 1 rings (SSSR count). The summed E-state index contributed by atoms with van der Waals surface area (Å²) in [5.74, 6) is -3.61. The zero-order valence-electron chi connectivity index (χ0n) is 9.26. The molecule has 0 heterocycles. The van der Waals surface area contributed by atoms with Crippen molar-refractivity contribution in [2.75, 3.05) is 11.9 Å². The highest BCUT2D eigenvalue weighted by Gasteiger charge is 2.29. The van der Waals surface area contributed by atoms with Gasteiger partial charge in [-0.25, -0.2) is 8.42 Å². The monoisotopic (exact) mass is 280 g/mol. The summed E-state index contributed by atoms with van der Waals surface area (Å²) in [6, 6.07) is 2.63. The zero-order chi connectivity index (χ0) is 13.9. The Bertz CT molecular complexity index is 560. The van der Waals surface area contributed by atoms with Crippen LogP contribution in [0.25, 0.3) is 0 Å². The number of nitrogens with one attached hydrogen (secondary N) is 1. The van der Waals surface area contributed by atoms with Crippen LogP contribution in [0.3, 0.4) is 0 Å². The van der Waals surface area contributed by atoms with Gasteiger partial charge < -0.3 is 5.32 Å². The lowest BCUT2D eigenvalue weighted by molar-refractivity contribution is -0.384. The fraction of sp³-hybridized carbons (Fsp3) is 0.333. The van der Waals surface area contributed by atoms with Crippen LogP contribution in [0, 0.1) is 10.1 Å². The van der Waals surface area contributed by atoms with E-state index in [9.17, 15) is 27.3 Å². The number of anilines is 1. The maximum atomic E-state index is 12.3. The Labute approximate surface area is 102 Å². The minimum absolute atomic E-state index is 0.0794. The molecular weight excluding hydrogens is 270 g/mol. The molecule has 0 saturated heterocycles. The first-order chi connectivity index (χ1) is 8.30. The van der Waals surface area contributed by atoms with E-state index >= 15 is 0 Å². The summed E-state index contributed by atoms with van der Waals surface area (Å²) >= 11 is 0. The van der Waals surface area contributed by atoms with E-state index in [-0.39, 0.29) is 5.69 Å². The van der Waals surface area contributed by atoms with Gasteiger partial charge in [0.05, 0.1) is 9.82 Å². The molecule has 9 heteroatoms. The van der Waals surface area contributed by atoms with Crippen molar-refractivity contribution in [3.8, 4) is 0 Å². The Hall–Kier alpha value is -1.77. The molecule has 0 aliphatic heterocycles. The van der Waals surface area contributed by atoms with Crippen LogP contribution < -0.4 is 5.32 Å². The van der Waals surface area contributed by atoms with Crippen molar-refractivity contribution < 1.29 is 22.1 Å². The first-order valence-corrected chi connectivity index (χ1v) is 6.39. The summed E-state index contributed by atoms with van der Waals surface area (Å²) in [7, 11) is -4.83. The summed E-state index contributed by atoms with van der Waals surface area (Å²) in [6.45, 7) is 2.06. The van der Waals surface area contributed by atoms with Crippen LogP contribution in [0.15, 0.2) is 23.1 Å². The average Bonchev–Trinajstić information content (AvgIpc) is 2.29. The summed E-state index contributed by atoms with van der Waals surface area (Å²) in [6.07, 6.45) is 0. The van der Waals surface area contributed by atoms with Crippen molar-refractivity contribution in [3.63, 3.8) is 0 Å². The second-order valence-corrected chi connectivity index (χ2v) is 5.19. The van der Waals surface area contributed by atoms with Crippen LogP contribution in [0.2, 0.25) is 0 Å². The number of rotatable bonds is 5. The van der Waals surface area contributed by atoms with Gasteiger partial charge in [0.25, 0.3) is 5.69 Å². The van der Waals surface area contributed by atoms with E-state index < -0.39 is 31.1 Å². The Morgan fingerprint density at radius 1 is 1.44 bits per heavy atom. The predicted molar refractivity (Wildman–Crippen MR) is 60.4 cm³/mol. The van der Waals surface area contributed by atoms with Gasteiger partial charge in [-0.15, -0.1) is 0 Å². The van der Waals surface area contributed by atoms with Gasteiger partial charge in [-0.1, -0.05) is 0 Å². The molecule has 0 bridgehead atoms. The lowest BCUT2D eigenvalue weighted by atomic mass is 10.2. The molecule has 100 valence electrons. The molecule has 1 aromatic rings. The quantitative estimate of drug-likeness (QED) is 0.658. The molecule has 18 heavy (non-hydrogen) atoms. The number of nitro benzene ring substituents is 1. The van der Waals surface area contributed by atoms with Gasteiger partial charge in [0, 0.05) is 12.6 Å². The third-order valence-electron chi connectivity index (χ3n) is 2.10. The second kappa shape index (κ2) is 5.25. The third-order valence-corrected chi connectivity index (χ3v) is 3.48. The third kappa shape index (κ3) is 2.73. The maximum Gasteiger partial charge on any atom is 0.341 e. The first-order valence-electron chi connectivity index (χ1n) is 4.85. The molecule has 0 aromatic heterocycles. The molecule has 0 aliphatic carbocycles. The smallest absolute Gasteiger partial charge is 0.341 e. The Kier molecular flexibility index (Phi) is 4.17. The summed E-state index contributed by atoms with van der Waals surface area (Å²) in [5, 5.41) is 13.4. The number of nitro groups is 1. The molecule has 1 aromatic carbocycles. The van der Waals surface area contributed by atoms with Crippen LogP contribution >= 0.6 is 0 Å². The summed E-state index contributed by atoms with van der Waals surface area (Å²) < 4.78 is 47.0. The largest absolute Gasteiger partial charge is 0.380 e. The highest BCUT2D eigenvalue weighted by molar-refractivity contribution is 7.91. The van der Waals surface area contributed by atoms with Gasteiger partial charge in [-0.2, -0.15) is 8.78 Å². The Morgan fingerprint density at radius 3 is 2.50 bits per heavy atom. The Balaban J connectivity index is 3.36.